The summed E-state index contributed by atoms with van der Waals surface area (Å²) in [6.07, 6.45) is 2.03. The van der Waals surface area contributed by atoms with Crippen LogP contribution in [0.1, 0.15) is 13.3 Å². The van der Waals surface area contributed by atoms with Crippen molar-refractivity contribution in [3.8, 4) is 5.75 Å². The van der Waals surface area contributed by atoms with Crippen LogP contribution in [0.4, 0.5) is 0 Å². The van der Waals surface area contributed by atoms with Crippen molar-refractivity contribution < 1.29 is 9.84 Å². The summed E-state index contributed by atoms with van der Waals surface area (Å²) in [4.78, 5) is 0. The number of hydrogen-bond acceptors (Lipinski definition) is 2. The Kier molecular flexibility index (Phi) is 3.09. The van der Waals surface area contributed by atoms with Crippen LogP contribution < -0.4 is 4.74 Å². The lowest BCUT2D eigenvalue weighted by Gasteiger charge is -2.23. The molecule has 0 aliphatic carbocycles. The molecule has 2 nitrogen and oxygen atoms in total. The van der Waals surface area contributed by atoms with Crippen molar-refractivity contribution in [1.29, 1.82) is 0 Å². The Hall–Kier alpha value is -1.28. The fourth-order valence-electron chi connectivity index (χ4n) is 1.05. The van der Waals surface area contributed by atoms with E-state index in [4.69, 9.17) is 4.74 Å². The molecule has 0 aromatic heterocycles. The third-order valence-corrected chi connectivity index (χ3v) is 1.60. The molecule has 0 aliphatic rings. The maximum absolute atomic E-state index is 9.67. The highest BCUT2D eigenvalue weighted by atomic mass is 16.6. The van der Waals surface area contributed by atoms with E-state index < -0.39 is 5.79 Å². The molecule has 0 spiro atoms. The van der Waals surface area contributed by atoms with E-state index in [9.17, 15) is 5.11 Å². The summed E-state index contributed by atoms with van der Waals surface area (Å²) in [7, 11) is 0. The number of benzene rings is 1. The monoisotopic (exact) mass is 178 g/mol. The molecule has 70 valence electrons. The van der Waals surface area contributed by atoms with E-state index >= 15 is 0 Å². The van der Waals surface area contributed by atoms with E-state index in [1.807, 2.05) is 18.2 Å². The van der Waals surface area contributed by atoms with Crippen LogP contribution >= 0.6 is 0 Å². The van der Waals surface area contributed by atoms with Crippen molar-refractivity contribution in [3.63, 3.8) is 0 Å². The van der Waals surface area contributed by atoms with Crippen molar-refractivity contribution in [3.05, 3.63) is 43.0 Å². The van der Waals surface area contributed by atoms with Crippen LogP contribution in [-0.2, 0) is 0 Å². The molecule has 1 N–H and O–H groups in total. The minimum Gasteiger partial charge on any atom is -0.463 e. The molecular formula is C11H14O2. The molecule has 0 aliphatic heterocycles. The van der Waals surface area contributed by atoms with E-state index in [2.05, 4.69) is 6.58 Å². The third kappa shape index (κ3) is 3.30. The second-order valence-corrected chi connectivity index (χ2v) is 3.08. The van der Waals surface area contributed by atoms with Gasteiger partial charge in [-0.05, 0) is 12.1 Å². The van der Waals surface area contributed by atoms with Gasteiger partial charge < -0.3 is 9.84 Å². The van der Waals surface area contributed by atoms with Gasteiger partial charge >= 0.3 is 0 Å². The predicted molar refractivity (Wildman–Crippen MR) is 52.5 cm³/mol. The van der Waals surface area contributed by atoms with Crippen LogP contribution in [0.3, 0.4) is 0 Å². The first-order valence-corrected chi connectivity index (χ1v) is 4.21. The van der Waals surface area contributed by atoms with Gasteiger partial charge in [-0.3, -0.25) is 0 Å². The fourth-order valence-corrected chi connectivity index (χ4v) is 1.05. The molecule has 1 aromatic rings. The smallest absolute Gasteiger partial charge is 0.208 e. The van der Waals surface area contributed by atoms with E-state index in [1.165, 1.54) is 0 Å². The van der Waals surface area contributed by atoms with Gasteiger partial charge in [-0.1, -0.05) is 24.3 Å². The summed E-state index contributed by atoms with van der Waals surface area (Å²) < 4.78 is 5.33. The zero-order valence-corrected chi connectivity index (χ0v) is 7.73. The molecule has 0 fully saturated rings. The molecule has 1 atom stereocenters. The normalized spacial score (nSPS) is 14.6. The van der Waals surface area contributed by atoms with Crippen molar-refractivity contribution in [2.45, 2.75) is 19.1 Å². The van der Waals surface area contributed by atoms with Gasteiger partial charge in [-0.15, -0.1) is 6.58 Å². The van der Waals surface area contributed by atoms with E-state index in [0.717, 1.165) is 0 Å². The zero-order chi connectivity index (χ0) is 9.73. The summed E-state index contributed by atoms with van der Waals surface area (Å²) in [6.45, 7) is 5.16. The van der Waals surface area contributed by atoms with Crippen LogP contribution in [0.15, 0.2) is 43.0 Å². The second-order valence-electron chi connectivity index (χ2n) is 3.08. The highest BCUT2D eigenvalue weighted by molar-refractivity contribution is 5.21. The third-order valence-electron chi connectivity index (χ3n) is 1.60. The first-order valence-electron chi connectivity index (χ1n) is 4.21. The predicted octanol–water partition coefficient (Wildman–Crippen LogP) is 2.35. The zero-order valence-electron chi connectivity index (χ0n) is 7.73. The molecule has 1 aromatic carbocycles. The van der Waals surface area contributed by atoms with Gasteiger partial charge in [0.05, 0.1) is 0 Å². The van der Waals surface area contributed by atoms with Crippen molar-refractivity contribution in [2.24, 2.45) is 0 Å². The molecule has 13 heavy (non-hydrogen) atoms. The lowest BCUT2D eigenvalue weighted by atomic mass is 10.2. The molecule has 0 radical (unpaired) electrons. The Morgan fingerprint density at radius 2 is 2.08 bits per heavy atom. The number of para-hydroxylation sites is 1. The largest absolute Gasteiger partial charge is 0.463 e. The van der Waals surface area contributed by atoms with Crippen LogP contribution in [0.2, 0.25) is 0 Å². The maximum atomic E-state index is 9.67. The average Bonchev–Trinajstić information content (AvgIpc) is 2.04. The van der Waals surface area contributed by atoms with E-state index in [1.54, 1.807) is 25.1 Å². The molecule has 0 amide bonds. The van der Waals surface area contributed by atoms with E-state index in [-0.39, 0.29) is 0 Å². The van der Waals surface area contributed by atoms with Crippen LogP contribution in [0, 0.1) is 0 Å². The van der Waals surface area contributed by atoms with Crippen molar-refractivity contribution in [1.82, 2.24) is 0 Å². The maximum Gasteiger partial charge on any atom is 0.208 e. The Morgan fingerprint density at radius 3 is 2.62 bits per heavy atom. The first kappa shape index (κ1) is 9.81. The number of hydrogen-bond donors (Lipinski definition) is 1. The van der Waals surface area contributed by atoms with Gasteiger partial charge in [-0.25, -0.2) is 0 Å². The lowest BCUT2D eigenvalue weighted by molar-refractivity contribution is -0.118. The van der Waals surface area contributed by atoms with Gasteiger partial charge in [0.25, 0.3) is 0 Å². The minimum atomic E-state index is -1.16. The van der Waals surface area contributed by atoms with Crippen molar-refractivity contribution in [2.75, 3.05) is 0 Å². The van der Waals surface area contributed by atoms with Crippen LogP contribution in [0.25, 0.3) is 0 Å². The molecule has 2 heteroatoms. The highest BCUT2D eigenvalue weighted by Gasteiger charge is 2.19. The molecule has 0 saturated heterocycles. The fraction of sp³-hybridized carbons (Fsp3) is 0.273. The van der Waals surface area contributed by atoms with Gasteiger partial charge in [0, 0.05) is 13.3 Å². The molecule has 1 rings (SSSR count). The molecule has 0 saturated carbocycles. The summed E-state index contributed by atoms with van der Waals surface area (Å²) in [5.74, 6) is -0.502. The summed E-state index contributed by atoms with van der Waals surface area (Å²) >= 11 is 0. The van der Waals surface area contributed by atoms with Crippen molar-refractivity contribution >= 4 is 0 Å². The lowest BCUT2D eigenvalue weighted by Crippen LogP contribution is -2.30. The Balaban J connectivity index is 2.63. The Labute approximate surface area is 78.5 Å². The Bertz CT molecular complexity index is 265. The molecule has 0 bridgehead atoms. The van der Waals surface area contributed by atoms with E-state index in [0.29, 0.717) is 12.2 Å². The van der Waals surface area contributed by atoms with Gasteiger partial charge in [0.2, 0.25) is 5.79 Å². The standard InChI is InChI=1S/C11H14O2/c1-3-9-11(2,12)13-10-7-5-4-6-8-10/h3-8,12H,1,9H2,2H3. The summed E-state index contributed by atoms with van der Waals surface area (Å²) in [6, 6.07) is 9.23. The SMILES string of the molecule is C=CCC(C)(O)Oc1ccccc1. The topological polar surface area (TPSA) is 29.5 Å². The number of rotatable bonds is 4. The molecule has 0 heterocycles. The average molecular weight is 178 g/mol. The first-order chi connectivity index (χ1) is 6.14. The summed E-state index contributed by atoms with van der Waals surface area (Å²) in [5.41, 5.74) is 0. The quantitative estimate of drug-likeness (QED) is 0.566. The second kappa shape index (κ2) is 4.10. The van der Waals surface area contributed by atoms with Gasteiger partial charge in [0.1, 0.15) is 5.75 Å². The van der Waals surface area contributed by atoms with Crippen LogP contribution in [-0.4, -0.2) is 10.9 Å². The van der Waals surface area contributed by atoms with Gasteiger partial charge in [-0.2, -0.15) is 0 Å². The summed E-state index contributed by atoms with van der Waals surface area (Å²) in [5, 5.41) is 9.67. The molecule has 1 unspecified atom stereocenters. The van der Waals surface area contributed by atoms with Gasteiger partial charge in [0.15, 0.2) is 0 Å². The van der Waals surface area contributed by atoms with Crippen LogP contribution in [0.5, 0.6) is 5.75 Å². The number of ether oxygens (including phenoxy) is 1. The number of aliphatic hydroxyl groups is 1. The minimum absolute atomic E-state index is 0.405. The molecular weight excluding hydrogens is 164 g/mol. The Morgan fingerprint density at radius 1 is 1.46 bits per heavy atom. The highest BCUT2D eigenvalue weighted by Crippen LogP contribution is 2.18.